The van der Waals surface area contributed by atoms with E-state index < -0.39 is 18.1 Å². The smallest absolute Gasteiger partial charge is 0.317 e. The Hall–Kier alpha value is -3.14. The van der Waals surface area contributed by atoms with Crippen molar-refractivity contribution in [1.29, 1.82) is 0 Å². The number of hydrogen-bond acceptors (Lipinski definition) is 7. The third kappa shape index (κ3) is 4.69. The lowest BCUT2D eigenvalue weighted by atomic mass is 9.82. The van der Waals surface area contributed by atoms with Gasteiger partial charge in [-0.3, -0.25) is 19.7 Å². The molecular weight excluding hydrogens is 414 g/mol. The molecule has 2 aromatic rings. The van der Waals surface area contributed by atoms with Crippen molar-refractivity contribution >= 4 is 34.6 Å². The molecule has 1 unspecified atom stereocenters. The summed E-state index contributed by atoms with van der Waals surface area (Å²) in [6.07, 6.45) is 5.58. The molecule has 10 heteroatoms. The maximum absolute atomic E-state index is 13.2. The van der Waals surface area contributed by atoms with E-state index in [-0.39, 0.29) is 30.8 Å². The predicted molar refractivity (Wildman–Crippen MR) is 116 cm³/mol. The van der Waals surface area contributed by atoms with E-state index in [9.17, 15) is 14.4 Å². The van der Waals surface area contributed by atoms with Crippen LogP contribution in [0.3, 0.4) is 0 Å². The Kier molecular flexibility index (Phi) is 6.59. The van der Waals surface area contributed by atoms with E-state index in [1.54, 1.807) is 17.0 Å². The summed E-state index contributed by atoms with van der Waals surface area (Å²) < 4.78 is 5.16. The van der Waals surface area contributed by atoms with Gasteiger partial charge in [0.15, 0.2) is 11.4 Å². The van der Waals surface area contributed by atoms with Gasteiger partial charge in [-0.15, -0.1) is 0 Å². The number of rotatable bonds is 8. The largest absolute Gasteiger partial charge is 0.480 e. The topological polar surface area (TPSA) is 151 Å². The summed E-state index contributed by atoms with van der Waals surface area (Å²) in [5.41, 5.74) is 7.11. The van der Waals surface area contributed by atoms with Crippen molar-refractivity contribution in [2.24, 2.45) is 5.92 Å². The minimum absolute atomic E-state index is 0.0981. The van der Waals surface area contributed by atoms with E-state index >= 15 is 0 Å². The second-order valence-corrected chi connectivity index (χ2v) is 8.60. The van der Waals surface area contributed by atoms with Crippen molar-refractivity contribution in [3.8, 4) is 0 Å². The summed E-state index contributed by atoms with van der Waals surface area (Å²) in [4.78, 5) is 38.6. The first-order valence-corrected chi connectivity index (χ1v) is 11.1. The van der Waals surface area contributed by atoms with Gasteiger partial charge in [0.05, 0.1) is 18.0 Å². The highest BCUT2D eigenvalue weighted by Gasteiger charge is 2.42. The number of nitrogens with zero attached hydrogens (tertiary/aromatic N) is 2. The van der Waals surface area contributed by atoms with Crippen LogP contribution in [0.4, 0.5) is 5.82 Å². The summed E-state index contributed by atoms with van der Waals surface area (Å²) in [6.45, 7) is 0.516. The number of carboxylic acids is 1. The number of carboxylic acid groups (broad SMARTS) is 1. The fourth-order valence-electron chi connectivity index (χ4n) is 4.64. The Bertz CT molecular complexity index is 1000. The first-order valence-electron chi connectivity index (χ1n) is 11.1. The molecule has 32 heavy (non-hydrogen) atoms. The molecule has 4 rings (SSSR count). The van der Waals surface area contributed by atoms with Crippen LogP contribution in [0.15, 0.2) is 22.7 Å². The number of nitrogens with one attached hydrogen (secondary N) is 2. The van der Waals surface area contributed by atoms with Gasteiger partial charge in [-0.05, 0) is 42.9 Å². The number of hydrogen-bond donors (Lipinski definition) is 4. The van der Waals surface area contributed by atoms with Crippen LogP contribution in [0.2, 0.25) is 0 Å². The number of benzene rings is 1. The Balaban J connectivity index is 1.37. The van der Waals surface area contributed by atoms with Crippen molar-refractivity contribution in [1.82, 2.24) is 20.7 Å². The van der Waals surface area contributed by atoms with Crippen LogP contribution in [0.25, 0.3) is 11.0 Å². The van der Waals surface area contributed by atoms with Gasteiger partial charge in [-0.1, -0.05) is 30.5 Å². The highest BCUT2D eigenvalue weighted by molar-refractivity contribution is 5.92. The zero-order valence-corrected chi connectivity index (χ0v) is 17.9. The molecular formula is C22H29N5O5. The molecule has 10 nitrogen and oxygen atoms in total. The zero-order chi connectivity index (χ0) is 22.7. The first kappa shape index (κ1) is 22.1. The fourth-order valence-corrected chi connectivity index (χ4v) is 4.64. The minimum atomic E-state index is -0.998. The van der Waals surface area contributed by atoms with Crippen LogP contribution in [0.1, 0.15) is 44.1 Å². The van der Waals surface area contributed by atoms with Crippen LogP contribution < -0.4 is 16.4 Å². The normalized spacial score (nSPS) is 20.0. The molecule has 2 aliphatic rings. The summed E-state index contributed by atoms with van der Waals surface area (Å²) >= 11 is 0. The van der Waals surface area contributed by atoms with Crippen molar-refractivity contribution in [2.75, 3.05) is 18.8 Å². The second kappa shape index (κ2) is 9.56. The number of aromatic nitrogens is 1. The van der Waals surface area contributed by atoms with E-state index in [4.69, 9.17) is 15.4 Å². The van der Waals surface area contributed by atoms with Gasteiger partial charge in [0.1, 0.15) is 6.04 Å². The van der Waals surface area contributed by atoms with E-state index in [0.717, 1.165) is 43.1 Å². The number of anilines is 1. The molecule has 1 aliphatic heterocycles. The molecule has 1 aromatic heterocycles. The molecule has 5 N–H and O–H groups in total. The standard InChI is InChI=1S/C22H29N5O5/c23-20-15-7-6-13(10-17(15)32-26-20)11-25-21(30)16-8-9-27(16)22(31)19(24-12-18(28)29)14-4-2-1-3-5-14/h6-7,10,14,16,19,24H,1-5,8-9,11-12H2,(H2,23,26)(H,25,30)(H,28,29)/t16-,19?/m0/s1. The van der Waals surface area contributed by atoms with Crippen molar-refractivity contribution in [2.45, 2.75) is 57.2 Å². The van der Waals surface area contributed by atoms with Gasteiger partial charge in [0.25, 0.3) is 0 Å². The highest BCUT2D eigenvalue weighted by atomic mass is 16.5. The summed E-state index contributed by atoms with van der Waals surface area (Å²) in [5.74, 6) is -0.975. The molecule has 0 bridgehead atoms. The van der Waals surface area contributed by atoms with Crippen LogP contribution in [-0.4, -0.2) is 58.1 Å². The van der Waals surface area contributed by atoms with Crippen LogP contribution in [0.5, 0.6) is 0 Å². The third-order valence-electron chi connectivity index (χ3n) is 6.50. The van der Waals surface area contributed by atoms with Crippen molar-refractivity contribution in [3.63, 3.8) is 0 Å². The number of fused-ring (bicyclic) bond motifs is 1. The van der Waals surface area contributed by atoms with Gasteiger partial charge in [-0.2, -0.15) is 0 Å². The van der Waals surface area contributed by atoms with Crippen molar-refractivity contribution in [3.05, 3.63) is 23.8 Å². The number of nitrogens with two attached hydrogens (primary N) is 1. The van der Waals surface area contributed by atoms with Crippen molar-refractivity contribution < 1.29 is 24.0 Å². The van der Waals surface area contributed by atoms with Gasteiger partial charge in [0, 0.05) is 13.1 Å². The maximum Gasteiger partial charge on any atom is 0.317 e. The Labute approximate surface area is 185 Å². The molecule has 2 heterocycles. The van der Waals surface area contributed by atoms with Crippen LogP contribution in [-0.2, 0) is 20.9 Å². The fraction of sp³-hybridized carbons (Fsp3) is 0.545. The van der Waals surface area contributed by atoms with Crippen LogP contribution in [0, 0.1) is 5.92 Å². The average Bonchev–Trinajstić information content (AvgIpc) is 3.12. The second-order valence-electron chi connectivity index (χ2n) is 8.60. The molecule has 2 atom stereocenters. The van der Waals surface area contributed by atoms with Gasteiger partial charge in [-0.25, -0.2) is 0 Å². The number of nitrogen functional groups attached to an aromatic ring is 1. The van der Waals surface area contributed by atoms with Gasteiger partial charge >= 0.3 is 5.97 Å². The highest BCUT2D eigenvalue weighted by Crippen LogP contribution is 2.29. The quantitative estimate of drug-likeness (QED) is 0.476. The monoisotopic (exact) mass is 443 g/mol. The molecule has 172 valence electrons. The molecule has 1 saturated carbocycles. The third-order valence-corrected chi connectivity index (χ3v) is 6.50. The zero-order valence-electron chi connectivity index (χ0n) is 17.9. The Morgan fingerprint density at radius 2 is 2.00 bits per heavy atom. The Morgan fingerprint density at radius 3 is 2.69 bits per heavy atom. The van der Waals surface area contributed by atoms with Gasteiger partial charge in [0.2, 0.25) is 11.8 Å². The average molecular weight is 444 g/mol. The molecule has 1 saturated heterocycles. The Morgan fingerprint density at radius 1 is 1.22 bits per heavy atom. The molecule has 0 spiro atoms. The first-order chi connectivity index (χ1) is 15.4. The lowest BCUT2D eigenvalue weighted by molar-refractivity contribution is -0.150. The van der Waals surface area contributed by atoms with E-state index in [1.807, 2.05) is 6.07 Å². The maximum atomic E-state index is 13.2. The minimum Gasteiger partial charge on any atom is -0.480 e. The molecule has 1 aliphatic carbocycles. The SMILES string of the molecule is Nc1noc2cc(CNC(=O)[C@@H]3CCN3C(=O)C(NCC(=O)O)C3CCCCC3)ccc12. The summed E-state index contributed by atoms with van der Waals surface area (Å²) in [5, 5.41) is 19.3. The lowest BCUT2D eigenvalue weighted by Gasteiger charge is -2.43. The predicted octanol–water partition coefficient (Wildman–Crippen LogP) is 1.25. The number of amides is 2. The molecule has 2 amide bonds. The molecule has 2 fully saturated rings. The number of aliphatic carboxylic acids is 1. The van der Waals surface area contributed by atoms with E-state index in [2.05, 4.69) is 15.8 Å². The summed E-state index contributed by atoms with van der Waals surface area (Å²) in [7, 11) is 0. The van der Waals surface area contributed by atoms with Crippen LogP contribution >= 0.6 is 0 Å². The molecule has 1 aromatic carbocycles. The summed E-state index contributed by atoms with van der Waals surface area (Å²) in [6, 6.07) is 4.31. The lowest BCUT2D eigenvalue weighted by Crippen LogP contribution is -2.63. The number of carbonyl (C=O) groups is 3. The van der Waals surface area contributed by atoms with E-state index in [1.165, 1.54) is 0 Å². The number of likely N-dealkylation sites (tertiary alicyclic amines) is 1. The van der Waals surface area contributed by atoms with E-state index in [0.29, 0.717) is 24.4 Å². The molecule has 0 radical (unpaired) electrons. The number of carbonyl (C=O) groups excluding carboxylic acids is 2. The van der Waals surface area contributed by atoms with Gasteiger partial charge < -0.3 is 25.6 Å².